The molecule has 0 saturated heterocycles. The van der Waals surface area contributed by atoms with Gasteiger partial charge in [-0.15, -0.1) is 0 Å². The van der Waals surface area contributed by atoms with Gasteiger partial charge in [0.05, 0.1) is 0 Å². The van der Waals surface area contributed by atoms with Crippen LogP contribution in [0, 0.1) is 0 Å². The molecule has 0 aliphatic rings. The SMILES string of the molecule is OC(O)(O)C(Br)(Br)CBr. The molecule has 0 aromatic carbocycles. The monoisotopic (exact) mass is 326 g/mol. The smallest absolute Gasteiger partial charge is 0.302 e. The average molecular weight is 329 g/mol. The Kier molecular flexibility index (Phi) is 3.61. The van der Waals surface area contributed by atoms with E-state index in [4.69, 9.17) is 15.3 Å². The van der Waals surface area contributed by atoms with Crippen LogP contribution in [-0.2, 0) is 0 Å². The second-order valence-electron chi connectivity index (χ2n) is 1.47. The largest absolute Gasteiger partial charge is 0.342 e. The van der Waals surface area contributed by atoms with E-state index < -0.39 is 9.21 Å². The van der Waals surface area contributed by atoms with Crippen LogP contribution >= 0.6 is 47.8 Å². The lowest BCUT2D eigenvalue weighted by Crippen LogP contribution is -2.46. The van der Waals surface area contributed by atoms with Crippen molar-refractivity contribution in [3.63, 3.8) is 0 Å². The van der Waals surface area contributed by atoms with Crippen LogP contribution < -0.4 is 0 Å². The molecule has 0 aliphatic heterocycles. The third kappa shape index (κ3) is 2.81. The minimum absolute atomic E-state index is 0.156. The van der Waals surface area contributed by atoms with Gasteiger partial charge >= 0.3 is 5.97 Å². The molecule has 0 atom stereocenters. The third-order valence-electron chi connectivity index (χ3n) is 0.659. The van der Waals surface area contributed by atoms with Crippen molar-refractivity contribution < 1.29 is 15.3 Å². The molecule has 0 spiro atoms. The lowest BCUT2D eigenvalue weighted by molar-refractivity contribution is -0.310. The fraction of sp³-hybridized carbons (Fsp3) is 1.00. The summed E-state index contributed by atoms with van der Waals surface area (Å²) < 4.78 is -1.31. The maximum Gasteiger partial charge on any atom is 0.302 e. The van der Waals surface area contributed by atoms with Crippen molar-refractivity contribution in [1.29, 1.82) is 0 Å². The zero-order chi connectivity index (χ0) is 7.71. The predicted molar refractivity (Wildman–Crippen MR) is 43.8 cm³/mol. The molecular weight excluding hydrogens is 324 g/mol. The highest BCUT2D eigenvalue weighted by Gasteiger charge is 2.43. The number of hydrogen-bond acceptors (Lipinski definition) is 3. The van der Waals surface area contributed by atoms with Gasteiger partial charge in [-0.1, -0.05) is 47.8 Å². The van der Waals surface area contributed by atoms with Crippen LogP contribution in [0.5, 0.6) is 0 Å². The van der Waals surface area contributed by atoms with Crippen LogP contribution in [0.3, 0.4) is 0 Å². The molecule has 0 aliphatic carbocycles. The van der Waals surface area contributed by atoms with Crippen molar-refractivity contribution in [2.45, 2.75) is 9.21 Å². The Bertz CT molecular complexity index is 97.0. The van der Waals surface area contributed by atoms with Crippen LogP contribution in [0.25, 0.3) is 0 Å². The molecule has 0 aromatic rings. The van der Waals surface area contributed by atoms with Gasteiger partial charge in [0.15, 0.2) is 3.23 Å². The van der Waals surface area contributed by atoms with Crippen molar-refractivity contribution in [3.05, 3.63) is 0 Å². The zero-order valence-electron chi connectivity index (χ0n) is 4.18. The van der Waals surface area contributed by atoms with E-state index in [0.29, 0.717) is 0 Å². The Balaban J connectivity index is 4.14. The lowest BCUT2D eigenvalue weighted by atomic mass is 10.4. The van der Waals surface area contributed by atoms with Gasteiger partial charge in [-0.05, 0) is 0 Å². The molecule has 0 bridgehead atoms. The van der Waals surface area contributed by atoms with Gasteiger partial charge in [-0.3, -0.25) is 0 Å². The normalized spacial score (nSPS) is 14.0. The van der Waals surface area contributed by atoms with Crippen LogP contribution in [-0.4, -0.2) is 29.9 Å². The summed E-state index contributed by atoms with van der Waals surface area (Å²) >= 11 is 8.58. The van der Waals surface area contributed by atoms with Crippen molar-refractivity contribution in [2.75, 3.05) is 5.33 Å². The van der Waals surface area contributed by atoms with E-state index in [0.717, 1.165) is 0 Å². The standard InChI is InChI=1S/C3H5Br3O3/c4-1-2(5,6)3(7,8)9/h7-9H,1H2. The molecule has 0 heterocycles. The minimum atomic E-state index is -2.77. The number of alkyl halides is 3. The third-order valence-corrected chi connectivity index (χ3v) is 4.63. The summed E-state index contributed by atoms with van der Waals surface area (Å²) in [5, 5.41) is 25.8. The van der Waals surface area contributed by atoms with Crippen molar-refractivity contribution in [2.24, 2.45) is 0 Å². The van der Waals surface area contributed by atoms with Crippen molar-refractivity contribution in [1.82, 2.24) is 0 Å². The molecule has 0 radical (unpaired) electrons. The Labute approximate surface area is 77.5 Å². The summed E-state index contributed by atoms with van der Waals surface area (Å²) in [6.45, 7) is 0. The van der Waals surface area contributed by atoms with E-state index in [1.165, 1.54) is 0 Å². The molecule has 3 N–H and O–H groups in total. The molecule has 0 saturated carbocycles. The summed E-state index contributed by atoms with van der Waals surface area (Å²) in [7, 11) is 0. The van der Waals surface area contributed by atoms with E-state index in [1.807, 2.05) is 0 Å². The maximum atomic E-state index is 8.53. The molecule has 3 nitrogen and oxygen atoms in total. The molecule has 0 unspecified atom stereocenters. The molecule has 56 valence electrons. The van der Waals surface area contributed by atoms with Crippen LogP contribution in [0.1, 0.15) is 0 Å². The molecule has 0 fully saturated rings. The molecular formula is C3H5Br3O3. The first-order valence-corrected chi connectivity index (χ1v) is 4.63. The Morgan fingerprint density at radius 1 is 1.11 bits per heavy atom. The zero-order valence-corrected chi connectivity index (χ0v) is 8.94. The minimum Gasteiger partial charge on any atom is -0.342 e. The van der Waals surface area contributed by atoms with Crippen LogP contribution in [0.15, 0.2) is 0 Å². The lowest BCUT2D eigenvalue weighted by Gasteiger charge is -2.27. The van der Waals surface area contributed by atoms with E-state index in [9.17, 15) is 0 Å². The maximum absolute atomic E-state index is 8.53. The van der Waals surface area contributed by atoms with Gasteiger partial charge in [0.25, 0.3) is 0 Å². The molecule has 0 amide bonds. The summed E-state index contributed by atoms with van der Waals surface area (Å²) in [6, 6.07) is 0. The fourth-order valence-corrected chi connectivity index (χ4v) is 0.466. The van der Waals surface area contributed by atoms with Gasteiger partial charge in [-0.2, -0.15) is 0 Å². The highest BCUT2D eigenvalue weighted by molar-refractivity contribution is 9.26. The fourth-order valence-electron chi connectivity index (χ4n) is 0.0896. The van der Waals surface area contributed by atoms with Gasteiger partial charge in [0.1, 0.15) is 0 Å². The van der Waals surface area contributed by atoms with Gasteiger partial charge in [0, 0.05) is 5.33 Å². The molecule has 0 aromatic heterocycles. The van der Waals surface area contributed by atoms with Gasteiger partial charge in [0.2, 0.25) is 0 Å². The first kappa shape index (κ1) is 10.3. The number of halogens is 3. The quantitative estimate of drug-likeness (QED) is 0.511. The van der Waals surface area contributed by atoms with Crippen LogP contribution in [0.2, 0.25) is 0 Å². The summed E-state index contributed by atoms with van der Waals surface area (Å²) in [5.74, 6) is -2.77. The Morgan fingerprint density at radius 2 is 1.44 bits per heavy atom. The summed E-state index contributed by atoms with van der Waals surface area (Å²) in [4.78, 5) is 0. The highest BCUT2D eigenvalue weighted by Crippen LogP contribution is 2.36. The first-order chi connectivity index (χ1) is 3.81. The van der Waals surface area contributed by atoms with E-state index >= 15 is 0 Å². The summed E-state index contributed by atoms with van der Waals surface area (Å²) in [6.07, 6.45) is 0. The van der Waals surface area contributed by atoms with Gasteiger partial charge < -0.3 is 15.3 Å². The van der Waals surface area contributed by atoms with Gasteiger partial charge in [-0.25, -0.2) is 0 Å². The van der Waals surface area contributed by atoms with E-state index in [-0.39, 0.29) is 5.33 Å². The number of rotatable bonds is 2. The second kappa shape index (κ2) is 3.15. The first-order valence-electron chi connectivity index (χ1n) is 1.92. The highest BCUT2D eigenvalue weighted by atomic mass is 79.9. The topological polar surface area (TPSA) is 60.7 Å². The van der Waals surface area contributed by atoms with Crippen molar-refractivity contribution >= 4 is 47.8 Å². The molecule has 9 heavy (non-hydrogen) atoms. The van der Waals surface area contributed by atoms with E-state index in [1.54, 1.807) is 0 Å². The predicted octanol–water partition coefficient (Wildman–Crippen LogP) is 0.498. The van der Waals surface area contributed by atoms with E-state index in [2.05, 4.69) is 47.8 Å². The van der Waals surface area contributed by atoms with Crippen molar-refractivity contribution in [3.8, 4) is 0 Å². The summed E-state index contributed by atoms with van der Waals surface area (Å²) in [5.41, 5.74) is 0. The molecule has 0 rings (SSSR count). The second-order valence-corrected chi connectivity index (χ2v) is 5.81. The number of aliphatic hydroxyl groups is 3. The number of hydrogen-bond donors (Lipinski definition) is 3. The Morgan fingerprint density at radius 3 is 1.44 bits per heavy atom. The molecule has 6 heteroatoms. The van der Waals surface area contributed by atoms with Crippen LogP contribution in [0.4, 0.5) is 0 Å². The Hall–Kier alpha value is 1.32. The average Bonchev–Trinajstić information content (AvgIpc) is 1.64.